The Kier molecular flexibility index (Phi) is 4.04. The van der Waals surface area contributed by atoms with Crippen LogP contribution in [0.4, 0.5) is 0 Å². The minimum atomic E-state index is -0.474. The van der Waals surface area contributed by atoms with Crippen molar-refractivity contribution in [1.82, 2.24) is 9.88 Å². The lowest BCUT2D eigenvalue weighted by atomic mass is 10.1. The Morgan fingerprint density at radius 2 is 1.96 bits per heavy atom. The van der Waals surface area contributed by atoms with Gasteiger partial charge in [0.05, 0.1) is 12.1 Å². The summed E-state index contributed by atoms with van der Waals surface area (Å²) in [6.07, 6.45) is 1.48. The van der Waals surface area contributed by atoms with E-state index in [0.29, 0.717) is 16.7 Å². The average molecular weight is 324 g/mol. The molecule has 2 heterocycles. The van der Waals surface area contributed by atoms with E-state index in [0.717, 1.165) is 10.9 Å². The number of rotatable bonds is 3. The molecule has 0 aliphatic rings. The van der Waals surface area contributed by atoms with Gasteiger partial charge in [-0.1, -0.05) is 12.1 Å². The molecule has 0 saturated carbocycles. The van der Waals surface area contributed by atoms with Gasteiger partial charge in [-0.05, 0) is 30.2 Å². The van der Waals surface area contributed by atoms with Crippen LogP contribution in [0.25, 0.3) is 11.0 Å². The van der Waals surface area contributed by atoms with Gasteiger partial charge in [-0.15, -0.1) is 0 Å². The first kappa shape index (κ1) is 15.7. The fourth-order valence-electron chi connectivity index (χ4n) is 2.59. The standard InChI is InChI=1S/C18H16N2O4/c1-11-3-5-14-13(8-17(22)24-15(14)7-11)10-20-9-12(18(23)19-2)4-6-16(20)21/h3-9H,10H2,1-2H3,(H,19,23). The zero-order valence-corrected chi connectivity index (χ0v) is 13.3. The lowest BCUT2D eigenvalue weighted by Gasteiger charge is -2.10. The third kappa shape index (κ3) is 2.99. The molecule has 0 aliphatic carbocycles. The lowest BCUT2D eigenvalue weighted by molar-refractivity contribution is 0.0962. The molecular weight excluding hydrogens is 308 g/mol. The van der Waals surface area contributed by atoms with Gasteiger partial charge in [0.1, 0.15) is 5.58 Å². The number of fused-ring (bicyclic) bond motifs is 1. The summed E-state index contributed by atoms with van der Waals surface area (Å²) >= 11 is 0. The van der Waals surface area contributed by atoms with Gasteiger partial charge in [-0.3, -0.25) is 9.59 Å². The van der Waals surface area contributed by atoms with Crippen LogP contribution in [0.1, 0.15) is 21.5 Å². The predicted molar refractivity (Wildman–Crippen MR) is 90.4 cm³/mol. The number of benzene rings is 1. The maximum atomic E-state index is 12.1. The fourth-order valence-corrected chi connectivity index (χ4v) is 2.59. The number of pyridine rings is 1. The topological polar surface area (TPSA) is 81.3 Å². The van der Waals surface area contributed by atoms with Crippen molar-refractivity contribution in [3.8, 4) is 0 Å². The van der Waals surface area contributed by atoms with Crippen LogP contribution in [0.5, 0.6) is 0 Å². The van der Waals surface area contributed by atoms with E-state index >= 15 is 0 Å². The van der Waals surface area contributed by atoms with E-state index in [2.05, 4.69) is 5.32 Å². The van der Waals surface area contributed by atoms with Crippen LogP contribution >= 0.6 is 0 Å². The van der Waals surface area contributed by atoms with Crippen molar-refractivity contribution in [2.24, 2.45) is 0 Å². The second kappa shape index (κ2) is 6.16. The minimum absolute atomic E-state index is 0.175. The van der Waals surface area contributed by atoms with Crippen molar-refractivity contribution in [1.29, 1.82) is 0 Å². The average Bonchev–Trinajstić information content (AvgIpc) is 2.55. The van der Waals surface area contributed by atoms with E-state index < -0.39 is 5.63 Å². The van der Waals surface area contributed by atoms with Crippen LogP contribution in [0.15, 0.2) is 56.6 Å². The van der Waals surface area contributed by atoms with Crippen LogP contribution in [-0.4, -0.2) is 17.5 Å². The normalized spacial score (nSPS) is 10.8. The number of carbonyl (C=O) groups excluding carboxylic acids is 1. The predicted octanol–water partition coefficient (Wildman–Crippen LogP) is 1.67. The summed E-state index contributed by atoms with van der Waals surface area (Å²) in [5, 5.41) is 3.28. The quantitative estimate of drug-likeness (QED) is 0.743. The van der Waals surface area contributed by atoms with Gasteiger partial charge in [0, 0.05) is 30.8 Å². The van der Waals surface area contributed by atoms with Crippen molar-refractivity contribution in [3.05, 3.63) is 80.1 Å². The molecule has 1 aromatic carbocycles. The molecule has 0 unspecified atom stereocenters. The molecule has 3 aromatic rings. The molecule has 1 amide bonds. The Morgan fingerprint density at radius 1 is 1.17 bits per heavy atom. The van der Waals surface area contributed by atoms with E-state index in [9.17, 15) is 14.4 Å². The van der Waals surface area contributed by atoms with E-state index in [4.69, 9.17) is 4.42 Å². The van der Waals surface area contributed by atoms with Crippen molar-refractivity contribution in [2.45, 2.75) is 13.5 Å². The number of aromatic nitrogens is 1. The second-order valence-corrected chi connectivity index (χ2v) is 5.55. The summed E-state index contributed by atoms with van der Waals surface area (Å²) in [5.41, 5.74) is 1.77. The molecule has 0 spiro atoms. The first-order valence-electron chi connectivity index (χ1n) is 7.44. The highest BCUT2D eigenvalue weighted by molar-refractivity contribution is 5.93. The molecule has 1 N–H and O–H groups in total. The number of nitrogens with one attached hydrogen (secondary N) is 1. The molecule has 0 radical (unpaired) electrons. The van der Waals surface area contributed by atoms with Crippen LogP contribution in [0.2, 0.25) is 0 Å². The summed E-state index contributed by atoms with van der Waals surface area (Å²) in [6.45, 7) is 2.08. The summed E-state index contributed by atoms with van der Waals surface area (Å²) < 4.78 is 6.62. The van der Waals surface area contributed by atoms with E-state index in [1.807, 2.05) is 19.1 Å². The van der Waals surface area contributed by atoms with Gasteiger partial charge in [-0.2, -0.15) is 0 Å². The van der Waals surface area contributed by atoms with Crippen LogP contribution in [-0.2, 0) is 6.54 Å². The Morgan fingerprint density at radius 3 is 2.71 bits per heavy atom. The molecule has 24 heavy (non-hydrogen) atoms. The van der Waals surface area contributed by atoms with E-state index in [1.165, 1.54) is 36.0 Å². The van der Waals surface area contributed by atoms with Crippen LogP contribution < -0.4 is 16.5 Å². The van der Waals surface area contributed by atoms with E-state index in [-0.39, 0.29) is 18.0 Å². The third-order valence-corrected chi connectivity index (χ3v) is 3.80. The smallest absolute Gasteiger partial charge is 0.336 e. The van der Waals surface area contributed by atoms with E-state index in [1.54, 1.807) is 6.07 Å². The molecule has 2 aromatic heterocycles. The summed E-state index contributed by atoms with van der Waals surface area (Å²) in [7, 11) is 1.52. The van der Waals surface area contributed by atoms with Gasteiger partial charge in [-0.25, -0.2) is 4.79 Å². The van der Waals surface area contributed by atoms with Crippen molar-refractivity contribution in [2.75, 3.05) is 7.05 Å². The zero-order chi connectivity index (χ0) is 17.3. The molecule has 0 saturated heterocycles. The van der Waals surface area contributed by atoms with Crippen molar-refractivity contribution >= 4 is 16.9 Å². The molecule has 3 rings (SSSR count). The summed E-state index contributed by atoms with van der Waals surface area (Å²) in [4.78, 5) is 35.6. The van der Waals surface area contributed by atoms with Crippen LogP contribution in [0, 0.1) is 6.92 Å². The number of hydrogen-bond donors (Lipinski definition) is 1. The lowest BCUT2D eigenvalue weighted by Crippen LogP contribution is -2.24. The van der Waals surface area contributed by atoms with Gasteiger partial charge >= 0.3 is 5.63 Å². The Hall–Kier alpha value is -3.15. The van der Waals surface area contributed by atoms with Crippen LogP contribution in [0.3, 0.4) is 0 Å². The number of hydrogen-bond acceptors (Lipinski definition) is 4. The van der Waals surface area contributed by atoms with Gasteiger partial charge in [0.2, 0.25) is 0 Å². The SMILES string of the molecule is CNC(=O)c1ccc(=O)n(Cc2cc(=O)oc3cc(C)ccc23)c1. The molecule has 0 bridgehead atoms. The Labute approximate surface area is 137 Å². The first-order chi connectivity index (χ1) is 11.5. The molecule has 0 aliphatic heterocycles. The van der Waals surface area contributed by atoms with Crippen molar-refractivity contribution in [3.63, 3.8) is 0 Å². The monoisotopic (exact) mass is 324 g/mol. The fraction of sp³-hybridized carbons (Fsp3) is 0.167. The molecular formula is C18H16N2O4. The number of amides is 1. The number of nitrogens with zero attached hydrogens (tertiary/aromatic N) is 1. The van der Waals surface area contributed by atoms with Gasteiger partial charge in [0.25, 0.3) is 11.5 Å². The molecule has 0 atom stereocenters. The molecule has 122 valence electrons. The van der Waals surface area contributed by atoms with Gasteiger partial charge < -0.3 is 14.3 Å². The highest BCUT2D eigenvalue weighted by atomic mass is 16.4. The Bertz CT molecular complexity index is 1050. The van der Waals surface area contributed by atoms with Crippen molar-refractivity contribution < 1.29 is 9.21 Å². The Balaban J connectivity index is 2.12. The minimum Gasteiger partial charge on any atom is -0.423 e. The third-order valence-electron chi connectivity index (χ3n) is 3.80. The zero-order valence-electron chi connectivity index (χ0n) is 13.3. The summed E-state index contributed by atoms with van der Waals surface area (Å²) in [5.74, 6) is -0.281. The number of carbonyl (C=O) groups is 1. The highest BCUT2D eigenvalue weighted by Gasteiger charge is 2.10. The molecule has 6 nitrogen and oxygen atoms in total. The summed E-state index contributed by atoms with van der Waals surface area (Å²) in [6, 6.07) is 9.73. The number of aryl methyl sites for hydroxylation is 1. The largest absolute Gasteiger partial charge is 0.423 e. The first-order valence-corrected chi connectivity index (χ1v) is 7.44. The maximum absolute atomic E-state index is 12.1. The maximum Gasteiger partial charge on any atom is 0.336 e. The van der Waals surface area contributed by atoms with Gasteiger partial charge in [0.15, 0.2) is 0 Å². The molecule has 6 heteroatoms. The second-order valence-electron chi connectivity index (χ2n) is 5.55. The molecule has 0 fully saturated rings. The highest BCUT2D eigenvalue weighted by Crippen LogP contribution is 2.19.